The van der Waals surface area contributed by atoms with Crippen molar-refractivity contribution in [3.63, 3.8) is 0 Å². The number of amides is 1. The van der Waals surface area contributed by atoms with E-state index in [1.165, 1.54) is 18.6 Å². The first-order valence-corrected chi connectivity index (χ1v) is 10.2. The molecule has 0 aliphatic heterocycles. The summed E-state index contributed by atoms with van der Waals surface area (Å²) >= 11 is 3.26. The summed E-state index contributed by atoms with van der Waals surface area (Å²) in [5.41, 5.74) is 0. The van der Waals surface area contributed by atoms with Gasteiger partial charge in [0.05, 0.1) is 4.90 Å². The molecule has 1 aliphatic carbocycles. The minimum absolute atomic E-state index is 0.00570. The highest BCUT2D eigenvalue weighted by molar-refractivity contribution is 9.10. The molecule has 0 bridgehead atoms. The Hall–Kier alpha value is -0.920. The van der Waals surface area contributed by atoms with Crippen molar-refractivity contribution in [1.29, 1.82) is 0 Å². The number of hydrogen-bond acceptors (Lipinski definition) is 3. The second kappa shape index (κ2) is 8.26. The summed E-state index contributed by atoms with van der Waals surface area (Å²) in [5, 5.41) is 0. The van der Waals surface area contributed by atoms with Gasteiger partial charge in [-0.2, -0.15) is 0 Å². The minimum Gasteiger partial charge on any atom is -0.343 e. The van der Waals surface area contributed by atoms with Crippen LogP contribution in [0.2, 0.25) is 0 Å². The minimum atomic E-state index is -3.58. The van der Waals surface area contributed by atoms with Gasteiger partial charge in [0.15, 0.2) is 0 Å². The van der Waals surface area contributed by atoms with E-state index in [4.69, 9.17) is 0 Å². The lowest BCUT2D eigenvalue weighted by atomic mass is 9.94. The summed E-state index contributed by atoms with van der Waals surface area (Å²) in [6, 6.07) is 6.81. The third-order valence-corrected chi connectivity index (χ3v) is 6.21. The standard InChI is InChI=1S/C16H23BrN2O3S/c1-19(14-7-3-2-4-8-14)16(20)10-11-18-23(21,22)15-9-5-6-13(17)12-15/h5-6,9,12,14,18H,2-4,7-8,10-11H2,1H3. The van der Waals surface area contributed by atoms with Gasteiger partial charge in [-0.15, -0.1) is 0 Å². The molecule has 0 radical (unpaired) electrons. The van der Waals surface area contributed by atoms with E-state index in [2.05, 4.69) is 20.7 Å². The number of hydrogen-bond donors (Lipinski definition) is 1. The number of sulfonamides is 1. The van der Waals surface area contributed by atoms with Crippen molar-refractivity contribution in [2.75, 3.05) is 13.6 Å². The Morgan fingerprint density at radius 2 is 2.00 bits per heavy atom. The number of nitrogens with one attached hydrogen (secondary N) is 1. The maximum atomic E-state index is 12.2. The largest absolute Gasteiger partial charge is 0.343 e. The third-order valence-electron chi connectivity index (χ3n) is 4.25. The fraction of sp³-hybridized carbons (Fsp3) is 0.562. The molecule has 5 nitrogen and oxygen atoms in total. The quantitative estimate of drug-likeness (QED) is 0.795. The van der Waals surface area contributed by atoms with Crippen molar-refractivity contribution in [1.82, 2.24) is 9.62 Å². The summed E-state index contributed by atoms with van der Waals surface area (Å²) < 4.78 is 27.6. The Morgan fingerprint density at radius 1 is 1.30 bits per heavy atom. The van der Waals surface area contributed by atoms with Crippen LogP contribution in [0.5, 0.6) is 0 Å². The molecule has 0 aromatic heterocycles. The van der Waals surface area contributed by atoms with E-state index in [1.807, 2.05) is 7.05 Å². The van der Waals surface area contributed by atoms with E-state index in [0.717, 1.165) is 25.7 Å². The summed E-state index contributed by atoms with van der Waals surface area (Å²) in [6.07, 6.45) is 5.85. The molecule has 1 aromatic rings. The number of carbonyl (C=O) groups excluding carboxylic acids is 1. The van der Waals surface area contributed by atoms with E-state index in [9.17, 15) is 13.2 Å². The smallest absolute Gasteiger partial charge is 0.240 e. The summed E-state index contributed by atoms with van der Waals surface area (Å²) in [5.74, 6) is -0.00570. The lowest BCUT2D eigenvalue weighted by Gasteiger charge is -2.31. The average molecular weight is 403 g/mol. The van der Waals surface area contributed by atoms with Gasteiger partial charge in [0.1, 0.15) is 0 Å². The van der Waals surface area contributed by atoms with Crippen molar-refractivity contribution in [3.05, 3.63) is 28.7 Å². The molecule has 0 saturated heterocycles. The number of nitrogens with zero attached hydrogens (tertiary/aromatic N) is 1. The normalized spacial score (nSPS) is 16.3. The predicted octanol–water partition coefficient (Wildman–Crippen LogP) is 2.91. The molecule has 0 heterocycles. The Morgan fingerprint density at radius 3 is 2.65 bits per heavy atom. The number of rotatable bonds is 6. The van der Waals surface area contributed by atoms with E-state index in [0.29, 0.717) is 10.5 Å². The molecule has 1 N–H and O–H groups in total. The van der Waals surface area contributed by atoms with Gasteiger partial charge in [0, 0.05) is 30.5 Å². The summed E-state index contributed by atoms with van der Waals surface area (Å²) in [6.45, 7) is 0.116. The molecule has 128 valence electrons. The van der Waals surface area contributed by atoms with E-state index in [1.54, 1.807) is 17.0 Å². The Bertz CT molecular complexity index is 642. The maximum Gasteiger partial charge on any atom is 0.240 e. The molecule has 1 fully saturated rings. The molecular formula is C16H23BrN2O3S. The molecule has 0 spiro atoms. The number of benzene rings is 1. The highest BCUT2D eigenvalue weighted by atomic mass is 79.9. The van der Waals surface area contributed by atoms with Crippen LogP contribution in [0.4, 0.5) is 0 Å². The Balaban J connectivity index is 1.85. The Kier molecular flexibility index (Phi) is 6.61. The van der Waals surface area contributed by atoms with E-state index < -0.39 is 10.0 Å². The second-order valence-electron chi connectivity index (χ2n) is 5.90. The van der Waals surface area contributed by atoms with Crippen LogP contribution in [0, 0.1) is 0 Å². The SMILES string of the molecule is CN(C(=O)CCNS(=O)(=O)c1cccc(Br)c1)C1CCCCC1. The van der Waals surface area contributed by atoms with Crippen LogP contribution in [0.15, 0.2) is 33.6 Å². The van der Waals surface area contributed by atoms with Crippen LogP contribution < -0.4 is 4.72 Å². The van der Waals surface area contributed by atoms with Crippen molar-refractivity contribution >= 4 is 31.9 Å². The molecular weight excluding hydrogens is 380 g/mol. The molecule has 7 heteroatoms. The lowest BCUT2D eigenvalue weighted by Crippen LogP contribution is -2.39. The molecule has 0 unspecified atom stereocenters. The zero-order valence-electron chi connectivity index (χ0n) is 13.3. The molecule has 2 rings (SSSR count). The van der Waals surface area contributed by atoms with Gasteiger partial charge in [0.25, 0.3) is 0 Å². The molecule has 23 heavy (non-hydrogen) atoms. The van der Waals surface area contributed by atoms with E-state index >= 15 is 0 Å². The van der Waals surface area contributed by atoms with Gasteiger partial charge in [0.2, 0.25) is 15.9 Å². The molecule has 0 atom stereocenters. The van der Waals surface area contributed by atoms with Crippen molar-refractivity contribution in [2.45, 2.75) is 49.5 Å². The van der Waals surface area contributed by atoms with Crippen LogP contribution in [-0.2, 0) is 14.8 Å². The van der Waals surface area contributed by atoms with Gasteiger partial charge in [-0.05, 0) is 31.0 Å². The highest BCUT2D eigenvalue weighted by Crippen LogP contribution is 2.22. The maximum absolute atomic E-state index is 12.2. The van der Waals surface area contributed by atoms with Crippen molar-refractivity contribution < 1.29 is 13.2 Å². The van der Waals surface area contributed by atoms with Crippen molar-refractivity contribution in [2.24, 2.45) is 0 Å². The van der Waals surface area contributed by atoms with Crippen LogP contribution in [0.3, 0.4) is 0 Å². The van der Waals surface area contributed by atoms with Crippen molar-refractivity contribution in [3.8, 4) is 0 Å². The summed E-state index contributed by atoms with van der Waals surface area (Å²) in [7, 11) is -1.76. The van der Waals surface area contributed by atoms with Gasteiger partial charge in [-0.25, -0.2) is 13.1 Å². The fourth-order valence-corrected chi connectivity index (χ4v) is 4.49. The monoisotopic (exact) mass is 402 g/mol. The first kappa shape index (κ1) is 18.4. The summed E-state index contributed by atoms with van der Waals surface area (Å²) in [4.78, 5) is 14.2. The molecule has 1 amide bonds. The third kappa shape index (κ3) is 5.29. The topological polar surface area (TPSA) is 66.5 Å². The number of halogens is 1. The van der Waals surface area contributed by atoms with E-state index in [-0.39, 0.29) is 23.8 Å². The van der Waals surface area contributed by atoms with Crippen LogP contribution >= 0.6 is 15.9 Å². The van der Waals surface area contributed by atoms with Crippen LogP contribution in [-0.4, -0.2) is 38.9 Å². The van der Waals surface area contributed by atoms with Gasteiger partial charge in [-0.1, -0.05) is 41.3 Å². The van der Waals surface area contributed by atoms with Crippen LogP contribution in [0.25, 0.3) is 0 Å². The van der Waals surface area contributed by atoms with Gasteiger partial charge >= 0.3 is 0 Å². The zero-order valence-corrected chi connectivity index (χ0v) is 15.7. The van der Waals surface area contributed by atoms with Gasteiger partial charge < -0.3 is 4.90 Å². The lowest BCUT2D eigenvalue weighted by molar-refractivity contribution is -0.132. The van der Waals surface area contributed by atoms with Gasteiger partial charge in [-0.3, -0.25) is 4.79 Å². The second-order valence-corrected chi connectivity index (χ2v) is 8.58. The fourth-order valence-electron chi connectivity index (χ4n) is 2.86. The first-order chi connectivity index (χ1) is 10.9. The Labute approximate surface area is 146 Å². The zero-order chi connectivity index (χ0) is 16.9. The molecule has 1 saturated carbocycles. The number of carbonyl (C=O) groups is 1. The molecule has 1 aliphatic rings. The van der Waals surface area contributed by atoms with Crippen LogP contribution in [0.1, 0.15) is 38.5 Å². The average Bonchev–Trinajstić information content (AvgIpc) is 2.54. The highest BCUT2D eigenvalue weighted by Gasteiger charge is 2.22. The predicted molar refractivity (Wildman–Crippen MR) is 93.6 cm³/mol. The molecule has 1 aromatic carbocycles. The first-order valence-electron chi connectivity index (χ1n) is 7.91.